The molecule has 7 nitrogen and oxygen atoms in total. The summed E-state index contributed by atoms with van der Waals surface area (Å²) in [6.07, 6.45) is -0.115. The van der Waals surface area contributed by atoms with Gasteiger partial charge in [-0.25, -0.2) is 0 Å². The third kappa shape index (κ3) is 4.45. The summed E-state index contributed by atoms with van der Waals surface area (Å²) < 4.78 is 5.74. The summed E-state index contributed by atoms with van der Waals surface area (Å²) in [4.78, 5) is 24.4. The van der Waals surface area contributed by atoms with Crippen molar-refractivity contribution in [2.75, 3.05) is 6.54 Å². The Balaban J connectivity index is 1.63. The van der Waals surface area contributed by atoms with Crippen molar-refractivity contribution in [2.24, 2.45) is 5.73 Å². The van der Waals surface area contributed by atoms with Gasteiger partial charge in [-0.05, 0) is 23.3 Å². The number of ether oxygens (including phenoxy) is 1. The number of likely N-dealkylation sites (tertiary alicyclic amines) is 1. The number of nitrogens with zero attached hydrogens (tertiary/aromatic N) is 1. The number of hydrogen-bond acceptors (Lipinski definition) is 5. The zero-order valence-electron chi connectivity index (χ0n) is 14.7. The van der Waals surface area contributed by atoms with Crippen LogP contribution in [0.2, 0.25) is 0 Å². The third-order valence-electron chi connectivity index (χ3n) is 4.75. The molecule has 0 aliphatic carbocycles. The third-order valence-corrected chi connectivity index (χ3v) is 4.75. The predicted octanol–water partition coefficient (Wildman–Crippen LogP) is 1.71. The van der Waals surface area contributed by atoms with Crippen LogP contribution in [0.25, 0.3) is 0 Å². The summed E-state index contributed by atoms with van der Waals surface area (Å²) in [7, 11) is 0. The van der Waals surface area contributed by atoms with Gasteiger partial charge in [0.05, 0.1) is 0 Å². The lowest BCUT2D eigenvalue weighted by atomic mass is 9.98. The topological polar surface area (TPSA) is 113 Å². The van der Waals surface area contributed by atoms with Gasteiger partial charge < -0.3 is 20.7 Å². The van der Waals surface area contributed by atoms with Crippen molar-refractivity contribution in [1.82, 2.24) is 4.90 Å². The van der Waals surface area contributed by atoms with Crippen LogP contribution in [0.3, 0.4) is 0 Å². The standard InChI is InChI=1S/C20H22N2O5/c21-20(19(25)26)10-17(18(23)24)22(13-20)11-14-6-8-16(9-7-14)27-12-15-4-2-1-3-5-15/h1-9,17H,10-13,21H2,(H,23,24)(H,25,26)/t17-,20-/m1/s1. The SMILES string of the molecule is N[C@]1(C(=O)O)C[C@H](C(=O)O)N(Cc2ccc(OCc3ccccc3)cc2)C1. The molecule has 0 amide bonds. The quantitative estimate of drug-likeness (QED) is 0.680. The van der Waals surface area contributed by atoms with E-state index in [1.54, 1.807) is 4.90 Å². The molecule has 1 aliphatic heterocycles. The van der Waals surface area contributed by atoms with Crippen LogP contribution in [0.5, 0.6) is 5.75 Å². The van der Waals surface area contributed by atoms with Gasteiger partial charge in [-0.2, -0.15) is 0 Å². The van der Waals surface area contributed by atoms with Crippen LogP contribution in [0, 0.1) is 0 Å². The molecule has 1 saturated heterocycles. The highest BCUT2D eigenvalue weighted by Gasteiger charge is 2.49. The van der Waals surface area contributed by atoms with E-state index in [0.29, 0.717) is 18.9 Å². The summed E-state index contributed by atoms with van der Waals surface area (Å²) >= 11 is 0. The Labute approximate surface area is 157 Å². The zero-order valence-corrected chi connectivity index (χ0v) is 14.7. The van der Waals surface area contributed by atoms with Crippen LogP contribution in [0.1, 0.15) is 17.5 Å². The second-order valence-corrected chi connectivity index (χ2v) is 6.84. The zero-order chi connectivity index (χ0) is 19.4. The molecule has 2 aromatic rings. The second kappa shape index (κ2) is 7.77. The molecule has 0 unspecified atom stereocenters. The number of carbonyl (C=O) groups is 2. The van der Waals surface area contributed by atoms with Crippen molar-refractivity contribution in [2.45, 2.75) is 31.2 Å². The predicted molar refractivity (Wildman–Crippen MR) is 98.2 cm³/mol. The number of benzene rings is 2. The van der Waals surface area contributed by atoms with Crippen molar-refractivity contribution >= 4 is 11.9 Å². The van der Waals surface area contributed by atoms with Gasteiger partial charge in [0.15, 0.2) is 0 Å². The van der Waals surface area contributed by atoms with Crippen molar-refractivity contribution in [1.29, 1.82) is 0 Å². The molecule has 1 heterocycles. The maximum absolute atomic E-state index is 11.5. The van der Waals surface area contributed by atoms with Crippen LogP contribution in [0.4, 0.5) is 0 Å². The van der Waals surface area contributed by atoms with E-state index in [1.165, 1.54) is 0 Å². The Hall–Kier alpha value is -2.90. The normalized spacial score (nSPS) is 22.5. The van der Waals surface area contributed by atoms with Crippen molar-refractivity contribution < 1.29 is 24.5 Å². The lowest BCUT2D eigenvalue weighted by Crippen LogP contribution is -2.50. The van der Waals surface area contributed by atoms with Gasteiger partial charge >= 0.3 is 11.9 Å². The lowest BCUT2D eigenvalue weighted by Gasteiger charge is -2.22. The fraction of sp³-hybridized carbons (Fsp3) is 0.300. The van der Waals surface area contributed by atoms with E-state index in [4.69, 9.17) is 10.5 Å². The Morgan fingerprint density at radius 3 is 2.33 bits per heavy atom. The van der Waals surface area contributed by atoms with Crippen LogP contribution < -0.4 is 10.5 Å². The lowest BCUT2D eigenvalue weighted by molar-refractivity contribution is -0.142. The van der Waals surface area contributed by atoms with Crippen molar-refractivity contribution in [3.05, 3.63) is 65.7 Å². The molecule has 0 radical (unpaired) electrons. The fourth-order valence-electron chi connectivity index (χ4n) is 3.24. The molecule has 4 N–H and O–H groups in total. The summed E-state index contributed by atoms with van der Waals surface area (Å²) in [5.74, 6) is -1.54. The first-order chi connectivity index (χ1) is 12.9. The molecule has 3 rings (SSSR count). The Morgan fingerprint density at radius 2 is 1.74 bits per heavy atom. The van der Waals surface area contributed by atoms with Gasteiger partial charge in [0.1, 0.15) is 23.9 Å². The van der Waals surface area contributed by atoms with Crippen LogP contribution in [0.15, 0.2) is 54.6 Å². The summed E-state index contributed by atoms with van der Waals surface area (Å²) in [6, 6.07) is 16.2. The number of carboxylic acid groups (broad SMARTS) is 2. The van der Waals surface area contributed by atoms with Gasteiger partial charge in [-0.3, -0.25) is 14.5 Å². The van der Waals surface area contributed by atoms with Crippen molar-refractivity contribution in [3.63, 3.8) is 0 Å². The molecule has 0 bridgehead atoms. The number of aliphatic carboxylic acids is 2. The maximum Gasteiger partial charge on any atom is 0.325 e. The van der Waals surface area contributed by atoms with Gasteiger partial charge in [0.2, 0.25) is 0 Å². The molecule has 2 aromatic carbocycles. The summed E-state index contributed by atoms with van der Waals surface area (Å²) in [5, 5.41) is 18.7. The minimum absolute atomic E-state index is 0.00837. The highest BCUT2D eigenvalue weighted by atomic mass is 16.5. The van der Waals surface area contributed by atoms with Crippen LogP contribution in [-0.4, -0.2) is 45.2 Å². The monoisotopic (exact) mass is 370 g/mol. The van der Waals surface area contributed by atoms with Crippen molar-refractivity contribution in [3.8, 4) is 5.75 Å². The van der Waals surface area contributed by atoms with Gasteiger partial charge in [-0.15, -0.1) is 0 Å². The van der Waals surface area contributed by atoms with E-state index in [9.17, 15) is 19.8 Å². The Kier molecular flexibility index (Phi) is 5.43. The van der Waals surface area contributed by atoms with E-state index < -0.39 is 23.5 Å². The molecule has 1 fully saturated rings. The molecule has 1 aliphatic rings. The average Bonchev–Trinajstić information content (AvgIpc) is 3.00. The Morgan fingerprint density at radius 1 is 1.07 bits per heavy atom. The molecule has 2 atom stereocenters. The van der Waals surface area contributed by atoms with Gasteiger partial charge in [0, 0.05) is 19.5 Å². The van der Waals surface area contributed by atoms with E-state index in [1.807, 2.05) is 54.6 Å². The summed E-state index contributed by atoms with van der Waals surface area (Å²) in [6.45, 7) is 0.759. The molecule has 27 heavy (non-hydrogen) atoms. The second-order valence-electron chi connectivity index (χ2n) is 6.84. The smallest absolute Gasteiger partial charge is 0.325 e. The number of hydrogen-bond donors (Lipinski definition) is 3. The molecule has 7 heteroatoms. The van der Waals surface area contributed by atoms with E-state index in [0.717, 1.165) is 11.1 Å². The van der Waals surface area contributed by atoms with Gasteiger partial charge in [0.25, 0.3) is 0 Å². The summed E-state index contributed by atoms with van der Waals surface area (Å²) in [5.41, 5.74) is 6.26. The largest absolute Gasteiger partial charge is 0.489 e. The highest BCUT2D eigenvalue weighted by molar-refractivity contribution is 5.83. The minimum atomic E-state index is -1.54. The number of rotatable bonds is 7. The maximum atomic E-state index is 11.5. The highest BCUT2D eigenvalue weighted by Crippen LogP contribution is 2.28. The van der Waals surface area contributed by atoms with Gasteiger partial charge in [-0.1, -0.05) is 42.5 Å². The molecular weight excluding hydrogens is 348 g/mol. The van der Waals surface area contributed by atoms with E-state index in [2.05, 4.69) is 0 Å². The molecule has 0 spiro atoms. The number of carboxylic acids is 2. The Bertz CT molecular complexity index is 809. The van der Waals surface area contributed by atoms with Crippen LogP contribution >= 0.6 is 0 Å². The van der Waals surface area contributed by atoms with E-state index in [-0.39, 0.29) is 13.0 Å². The minimum Gasteiger partial charge on any atom is -0.489 e. The first-order valence-electron chi connectivity index (χ1n) is 8.62. The average molecular weight is 370 g/mol. The number of nitrogens with two attached hydrogens (primary N) is 1. The molecule has 0 saturated carbocycles. The van der Waals surface area contributed by atoms with E-state index >= 15 is 0 Å². The first kappa shape index (κ1) is 18.9. The molecule has 0 aromatic heterocycles. The first-order valence-corrected chi connectivity index (χ1v) is 8.62. The molecule has 142 valence electrons. The molecular formula is C20H22N2O5. The van der Waals surface area contributed by atoms with Crippen LogP contribution in [-0.2, 0) is 22.7 Å². The fourth-order valence-corrected chi connectivity index (χ4v) is 3.24.